The number of aryl methyl sites for hydroxylation is 2. The molecule has 33 heavy (non-hydrogen) atoms. The van der Waals surface area contributed by atoms with E-state index in [4.69, 9.17) is 20.9 Å². The second-order valence-electron chi connectivity index (χ2n) is 7.98. The Kier molecular flexibility index (Phi) is 7.57. The molecule has 9 heteroatoms. The van der Waals surface area contributed by atoms with Gasteiger partial charge in [-0.25, -0.2) is 4.39 Å². The summed E-state index contributed by atoms with van der Waals surface area (Å²) in [6, 6.07) is 12.1. The molecule has 4 rings (SSSR count). The number of carbonyl (C=O) groups is 1. The fourth-order valence-electron chi connectivity index (χ4n) is 3.70. The zero-order valence-corrected chi connectivity index (χ0v) is 19.2. The lowest BCUT2D eigenvalue weighted by atomic mass is 10.1. The molecule has 3 aromatic rings. The van der Waals surface area contributed by atoms with Crippen molar-refractivity contribution < 1.29 is 18.4 Å². The fourth-order valence-corrected chi connectivity index (χ4v) is 3.89. The minimum absolute atomic E-state index is 0.0688. The number of carbonyl (C=O) groups excluding carboxylic acids is 1. The molecule has 2 aromatic carbocycles. The SMILES string of the molecule is Cc1cc(-c2noc(CCC(=O)N3CCN(CCOc4ccccc4Cl)CC3)n2)ccc1F. The van der Waals surface area contributed by atoms with Gasteiger partial charge in [0.25, 0.3) is 0 Å². The second-order valence-corrected chi connectivity index (χ2v) is 8.38. The molecule has 1 amide bonds. The Labute approximate surface area is 197 Å². The number of rotatable bonds is 8. The Morgan fingerprint density at radius 3 is 2.73 bits per heavy atom. The van der Waals surface area contributed by atoms with Crippen molar-refractivity contribution >= 4 is 17.5 Å². The number of amides is 1. The molecule has 1 aromatic heterocycles. The van der Waals surface area contributed by atoms with Gasteiger partial charge in [-0.3, -0.25) is 9.69 Å². The number of para-hydroxylation sites is 1. The third-order valence-corrected chi connectivity index (χ3v) is 5.98. The lowest BCUT2D eigenvalue weighted by molar-refractivity contribution is -0.133. The third-order valence-electron chi connectivity index (χ3n) is 5.66. The van der Waals surface area contributed by atoms with E-state index in [0.29, 0.717) is 66.2 Å². The summed E-state index contributed by atoms with van der Waals surface area (Å²) in [6.07, 6.45) is 0.678. The van der Waals surface area contributed by atoms with Crippen LogP contribution in [-0.4, -0.2) is 65.2 Å². The number of aromatic nitrogens is 2. The van der Waals surface area contributed by atoms with Crippen molar-refractivity contribution in [2.75, 3.05) is 39.3 Å². The van der Waals surface area contributed by atoms with Crippen LogP contribution < -0.4 is 4.74 Å². The van der Waals surface area contributed by atoms with E-state index in [9.17, 15) is 9.18 Å². The molecular weight excluding hydrogens is 447 g/mol. The molecule has 1 saturated heterocycles. The average molecular weight is 473 g/mol. The predicted octanol–water partition coefficient (Wildman–Crippen LogP) is 3.99. The standard InChI is InChI=1S/C24H26ClFN4O3/c1-17-16-18(6-7-20(17)26)24-27-22(33-28-24)8-9-23(31)30-12-10-29(11-13-30)14-15-32-21-5-3-2-4-19(21)25/h2-7,16H,8-15H2,1H3. The maximum atomic E-state index is 13.5. The van der Waals surface area contributed by atoms with E-state index in [0.717, 1.165) is 19.6 Å². The maximum Gasteiger partial charge on any atom is 0.227 e. The first-order chi connectivity index (χ1) is 16.0. The molecule has 0 unspecified atom stereocenters. The van der Waals surface area contributed by atoms with Crippen LogP contribution >= 0.6 is 11.6 Å². The normalized spacial score (nSPS) is 14.5. The van der Waals surface area contributed by atoms with Gasteiger partial charge >= 0.3 is 0 Å². The molecule has 0 radical (unpaired) electrons. The molecule has 0 bridgehead atoms. The average Bonchev–Trinajstić information content (AvgIpc) is 3.30. The molecule has 1 fully saturated rings. The van der Waals surface area contributed by atoms with Crippen LogP contribution in [0.25, 0.3) is 11.4 Å². The van der Waals surface area contributed by atoms with Gasteiger partial charge in [-0.05, 0) is 42.8 Å². The lowest BCUT2D eigenvalue weighted by Gasteiger charge is -2.34. The Morgan fingerprint density at radius 1 is 1.18 bits per heavy atom. The summed E-state index contributed by atoms with van der Waals surface area (Å²) in [5.74, 6) is 1.27. The highest BCUT2D eigenvalue weighted by molar-refractivity contribution is 6.32. The minimum atomic E-state index is -0.277. The first kappa shape index (κ1) is 23.2. The van der Waals surface area contributed by atoms with E-state index in [1.54, 1.807) is 25.1 Å². The molecule has 0 saturated carbocycles. The van der Waals surface area contributed by atoms with Gasteiger partial charge in [0.2, 0.25) is 17.6 Å². The number of benzene rings is 2. The molecule has 0 atom stereocenters. The van der Waals surface area contributed by atoms with Crippen molar-refractivity contribution in [3.8, 4) is 17.1 Å². The number of hydrogen-bond acceptors (Lipinski definition) is 6. The second kappa shape index (κ2) is 10.8. The highest BCUT2D eigenvalue weighted by Crippen LogP contribution is 2.23. The van der Waals surface area contributed by atoms with Gasteiger partial charge < -0.3 is 14.2 Å². The van der Waals surface area contributed by atoms with Crippen LogP contribution in [0.5, 0.6) is 5.75 Å². The zero-order valence-electron chi connectivity index (χ0n) is 18.5. The van der Waals surface area contributed by atoms with Gasteiger partial charge in [0.05, 0.1) is 5.02 Å². The molecule has 1 aliphatic rings. The summed E-state index contributed by atoms with van der Waals surface area (Å²) >= 11 is 6.11. The number of piperazine rings is 1. The van der Waals surface area contributed by atoms with E-state index >= 15 is 0 Å². The molecule has 1 aliphatic heterocycles. The summed E-state index contributed by atoms with van der Waals surface area (Å²) in [6.45, 7) is 5.96. The molecular formula is C24H26ClFN4O3. The van der Waals surface area contributed by atoms with Crippen LogP contribution in [0.1, 0.15) is 17.9 Å². The summed E-state index contributed by atoms with van der Waals surface area (Å²) < 4.78 is 24.5. The molecule has 0 N–H and O–H groups in total. The van der Waals surface area contributed by atoms with Crippen LogP contribution in [0, 0.1) is 12.7 Å². The number of hydrogen-bond donors (Lipinski definition) is 0. The van der Waals surface area contributed by atoms with Crippen molar-refractivity contribution in [2.45, 2.75) is 19.8 Å². The maximum absolute atomic E-state index is 13.5. The van der Waals surface area contributed by atoms with Crippen molar-refractivity contribution in [3.05, 3.63) is 64.8 Å². The van der Waals surface area contributed by atoms with Crippen LogP contribution in [0.2, 0.25) is 5.02 Å². The Balaban J connectivity index is 1.19. The summed E-state index contributed by atoms with van der Waals surface area (Å²) in [4.78, 5) is 21.1. The molecule has 7 nitrogen and oxygen atoms in total. The summed E-state index contributed by atoms with van der Waals surface area (Å²) in [5.41, 5.74) is 1.20. The van der Waals surface area contributed by atoms with Gasteiger partial charge in [-0.1, -0.05) is 28.9 Å². The quantitative estimate of drug-likeness (QED) is 0.493. The number of nitrogens with zero attached hydrogens (tertiary/aromatic N) is 4. The fraction of sp³-hybridized carbons (Fsp3) is 0.375. The van der Waals surface area contributed by atoms with Gasteiger partial charge in [-0.15, -0.1) is 0 Å². The summed E-state index contributed by atoms with van der Waals surface area (Å²) in [7, 11) is 0. The number of ether oxygens (including phenoxy) is 1. The van der Waals surface area contributed by atoms with Gasteiger partial charge in [0, 0.05) is 51.1 Å². The van der Waals surface area contributed by atoms with Gasteiger partial charge in [-0.2, -0.15) is 4.98 Å². The van der Waals surface area contributed by atoms with E-state index in [1.807, 2.05) is 23.1 Å². The van der Waals surface area contributed by atoms with Crippen molar-refractivity contribution in [2.24, 2.45) is 0 Å². The molecule has 0 spiro atoms. The monoisotopic (exact) mass is 472 g/mol. The minimum Gasteiger partial charge on any atom is -0.491 e. The Morgan fingerprint density at radius 2 is 1.97 bits per heavy atom. The molecule has 0 aliphatic carbocycles. The van der Waals surface area contributed by atoms with Gasteiger partial charge in [0.15, 0.2) is 0 Å². The zero-order chi connectivity index (χ0) is 23.2. The van der Waals surface area contributed by atoms with Crippen LogP contribution in [-0.2, 0) is 11.2 Å². The van der Waals surface area contributed by atoms with E-state index in [2.05, 4.69) is 15.0 Å². The van der Waals surface area contributed by atoms with E-state index in [1.165, 1.54) is 6.07 Å². The number of halogens is 2. The largest absolute Gasteiger partial charge is 0.491 e. The van der Waals surface area contributed by atoms with E-state index < -0.39 is 0 Å². The molecule has 174 valence electrons. The Bertz CT molecular complexity index is 1100. The lowest BCUT2D eigenvalue weighted by Crippen LogP contribution is -2.49. The van der Waals surface area contributed by atoms with Crippen LogP contribution in [0.3, 0.4) is 0 Å². The van der Waals surface area contributed by atoms with E-state index in [-0.39, 0.29) is 11.7 Å². The predicted molar refractivity (Wildman–Crippen MR) is 123 cm³/mol. The Hall–Kier alpha value is -2.97. The summed E-state index contributed by atoms with van der Waals surface area (Å²) in [5, 5.41) is 4.56. The van der Waals surface area contributed by atoms with Crippen LogP contribution in [0.4, 0.5) is 4.39 Å². The smallest absolute Gasteiger partial charge is 0.227 e. The highest BCUT2D eigenvalue weighted by atomic mass is 35.5. The first-order valence-corrected chi connectivity index (χ1v) is 11.3. The molecule has 2 heterocycles. The van der Waals surface area contributed by atoms with Crippen molar-refractivity contribution in [1.82, 2.24) is 19.9 Å². The van der Waals surface area contributed by atoms with Gasteiger partial charge in [0.1, 0.15) is 18.2 Å². The third kappa shape index (κ3) is 6.09. The van der Waals surface area contributed by atoms with Crippen molar-refractivity contribution in [1.29, 1.82) is 0 Å². The van der Waals surface area contributed by atoms with Crippen LogP contribution in [0.15, 0.2) is 47.0 Å². The highest BCUT2D eigenvalue weighted by Gasteiger charge is 2.21. The van der Waals surface area contributed by atoms with Crippen molar-refractivity contribution in [3.63, 3.8) is 0 Å². The first-order valence-electron chi connectivity index (χ1n) is 11.0. The topological polar surface area (TPSA) is 71.7 Å².